The maximum atomic E-state index is 12.4. The van der Waals surface area contributed by atoms with Gasteiger partial charge in [-0.05, 0) is 37.1 Å². The average Bonchev–Trinajstić information content (AvgIpc) is 2.59. The van der Waals surface area contributed by atoms with Crippen molar-refractivity contribution in [3.05, 3.63) is 65.2 Å². The van der Waals surface area contributed by atoms with Crippen LogP contribution in [0.25, 0.3) is 0 Å². The van der Waals surface area contributed by atoms with Crippen LogP contribution in [0, 0.1) is 6.92 Å². The molecule has 0 aromatic heterocycles. The van der Waals surface area contributed by atoms with Crippen molar-refractivity contribution in [2.45, 2.75) is 33.4 Å². The SMILES string of the molecule is CC(=O)Nc1cccc(CNC(=O)N(C)C(C)c2ccc(C)cc2)c1. The van der Waals surface area contributed by atoms with E-state index < -0.39 is 0 Å². The van der Waals surface area contributed by atoms with Gasteiger partial charge in [0.15, 0.2) is 0 Å². The molecule has 2 N–H and O–H groups in total. The number of carbonyl (C=O) groups is 2. The molecule has 132 valence electrons. The maximum Gasteiger partial charge on any atom is 0.317 e. The number of amides is 3. The van der Waals surface area contributed by atoms with Gasteiger partial charge in [0.1, 0.15) is 0 Å². The van der Waals surface area contributed by atoms with Crippen LogP contribution in [0.3, 0.4) is 0 Å². The Morgan fingerprint density at radius 2 is 1.80 bits per heavy atom. The fraction of sp³-hybridized carbons (Fsp3) is 0.300. The van der Waals surface area contributed by atoms with Gasteiger partial charge in [-0.25, -0.2) is 4.79 Å². The summed E-state index contributed by atoms with van der Waals surface area (Å²) >= 11 is 0. The van der Waals surface area contributed by atoms with Gasteiger partial charge in [0.05, 0.1) is 6.04 Å². The van der Waals surface area contributed by atoms with Gasteiger partial charge in [0.2, 0.25) is 5.91 Å². The van der Waals surface area contributed by atoms with Crippen LogP contribution in [0.15, 0.2) is 48.5 Å². The van der Waals surface area contributed by atoms with Crippen molar-refractivity contribution >= 4 is 17.6 Å². The van der Waals surface area contributed by atoms with E-state index in [1.54, 1.807) is 11.9 Å². The molecule has 0 aliphatic carbocycles. The van der Waals surface area contributed by atoms with Crippen LogP contribution in [0.4, 0.5) is 10.5 Å². The Bertz CT molecular complexity index is 741. The average molecular weight is 339 g/mol. The summed E-state index contributed by atoms with van der Waals surface area (Å²) in [6, 6.07) is 15.4. The highest BCUT2D eigenvalue weighted by Gasteiger charge is 2.16. The molecule has 0 bridgehead atoms. The highest BCUT2D eigenvalue weighted by Crippen LogP contribution is 2.19. The largest absolute Gasteiger partial charge is 0.334 e. The Hall–Kier alpha value is -2.82. The first-order chi connectivity index (χ1) is 11.9. The second-order valence-electron chi connectivity index (χ2n) is 6.24. The second-order valence-corrected chi connectivity index (χ2v) is 6.24. The number of anilines is 1. The van der Waals surface area contributed by atoms with Crippen molar-refractivity contribution in [2.24, 2.45) is 0 Å². The second kappa shape index (κ2) is 8.33. The molecule has 2 aromatic carbocycles. The summed E-state index contributed by atoms with van der Waals surface area (Å²) < 4.78 is 0. The molecule has 0 radical (unpaired) electrons. The molecule has 1 atom stereocenters. The normalized spacial score (nSPS) is 11.5. The lowest BCUT2D eigenvalue weighted by Gasteiger charge is -2.25. The van der Waals surface area contributed by atoms with Gasteiger partial charge in [-0.15, -0.1) is 0 Å². The first-order valence-corrected chi connectivity index (χ1v) is 8.30. The minimum atomic E-state index is -0.141. The minimum absolute atomic E-state index is 0.0219. The molecular formula is C20H25N3O2. The third kappa shape index (κ3) is 5.35. The number of aryl methyl sites for hydroxylation is 1. The Kier molecular flexibility index (Phi) is 6.17. The van der Waals surface area contributed by atoms with Crippen molar-refractivity contribution in [1.29, 1.82) is 0 Å². The molecule has 25 heavy (non-hydrogen) atoms. The van der Waals surface area contributed by atoms with Gasteiger partial charge < -0.3 is 15.5 Å². The highest BCUT2D eigenvalue weighted by molar-refractivity contribution is 5.88. The molecule has 0 aliphatic heterocycles. The van der Waals surface area contributed by atoms with E-state index in [1.165, 1.54) is 12.5 Å². The molecule has 0 heterocycles. The predicted octanol–water partition coefficient (Wildman–Crippen LogP) is 3.86. The Balaban J connectivity index is 1.95. The summed E-state index contributed by atoms with van der Waals surface area (Å²) in [6.45, 7) is 5.91. The number of carbonyl (C=O) groups excluding carboxylic acids is 2. The van der Waals surface area contributed by atoms with E-state index >= 15 is 0 Å². The van der Waals surface area contributed by atoms with Crippen LogP contribution >= 0.6 is 0 Å². The van der Waals surface area contributed by atoms with Crippen LogP contribution in [0.1, 0.15) is 36.6 Å². The molecule has 5 heteroatoms. The number of urea groups is 1. The van der Waals surface area contributed by atoms with E-state index in [1.807, 2.05) is 62.4 Å². The molecule has 0 aliphatic rings. The quantitative estimate of drug-likeness (QED) is 0.869. The molecule has 2 rings (SSSR count). The van der Waals surface area contributed by atoms with Crippen LogP contribution in [0.5, 0.6) is 0 Å². The van der Waals surface area contributed by atoms with E-state index in [2.05, 4.69) is 10.6 Å². The Morgan fingerprint density at radius 3 is 2.44 bits per heavy atom. The zero-order chi connectivity index (χ0) is 18.4. The smallest absolute Gasteiger partial charge is 0.317 e. The lowest BCUT2D eigenvalue weighted by atomic mass is 10.1. The number of nitrogens with one attached hydrogen (secondary N) is 2. The third-order valence-electron chi connectivity index (χ3n) is 4.15. The molecule has 1 unspecified atom stereocenters. The van der Waals surface area contributed by atoms with Gasteiger partial charge in [-0.3, -0.25) is 4.79 Å². The van der Waals surface area contributed by atoms with Gasteiger partial charge >= 0.3 is 6.03 Å². The molecule has 0 fully saturated rings. The number of hydrogen-bond acceptors (Lipinski definition) is 2. The van der Waals surface area contributed by atoms with E-state index in [4.69, 9.17) is 0 Å². The van der Waals surface area contributed by atoms with E-state index in [9.17, 15) is 9.59 Å². The van der Waals surface area contributed by atoms with Gasteiger partial charge in [0, 0.05) is 26.2 Å². The molecule has 2 aromatic rings. The minimum Gasteiger partial charge on any atom is -0.334 e. The van der Waals surface area contributed by atoms with Gasteiger partial charge in [-0.2, -0.15) is 0 Å². The first-order valence-electron chi connectivity index (χ1n) is 8.30. The summed E-state index contributed by atoms with van der Waals surface area (Å²) in [6.07, 6.45) is 0. The molecule has 0 spiro atoms. The number of rotatable bonds is 5. The molecule has 0 saturated heterocycles. The van der Waals surface area contributed by atoms with Crippen molar-refractivity contribution in [1.82, 2.24) is 10.2 Å². The fourth-order valence-corrected chi connectivity index (χ4v) is 2.51. The van der Waals surface area contributed by atoms with Crippen molar-refractivity contribution in [2.75, 3.05) is 12.4 Å². The van der Waals surface area contributed by atoms with E-state index in [0.29, 0.717) is 6.54 Å². The molecular weight excluding hydrogens is 314 g/mol. The van der Waals surface area contributed by atoms with E-state index in [-0.39, 0.29) is 18.0 Å². The zero-order valence-corrected chi connectivity index (χ0v) is 15.2. The summed E-state index contributed by atoms with van der Waals surface area (Å²) in [7, 11) is 1.79. The lowest BCUT2D eigenvalue weighted by Crippen LogP contribution is -2.38. The Morgan fingerprint density at radius 1 is 1.12 bits per heavy atom. The van der Waals surface area contributed by atoms with Crippen molar-refractivity contribution < 1.29 is 9.59 Å². The van der Waals surface area contributed by atoms with Crippen LogP contribution in [0.2, 0.25) is 0 Å². The highest BCUT2D eigenvalue weighted by atomic mass is 16.2. The topological polar surface area (TPSA) is 61.4 Å². The number of hydrogen-bond donors (Lipinski definition) is 2. The summed E-state index contributed by atoms with van der Waals surface area (Å²) in [4.78, 5) is 25.2. The van der Waals surface area contributed by atoms with Crippen molar-refractivity contribution in [3.8, 4) is 0 Å². The van der Waals surface area contributed by atoms with Crippen LogP contribution in [-0.4, -0.2) is 23.9 Å². The number of benzene rings is 2. The van der Waals surface area contributed by atoms with Crippen molar-refractivity contribution in [3.63, 3.8) is 0 Å². The molecule has 3 amide bonds. The first kappa shape index (κ1) is 18.5. The van der Waals surface area contributed by atoms with Crippen LogP contribution in [-0.2, 0) is 11.3 Å². The monoisotopic (exact) mass is 339 g/mol. The van der Waals surface area contributed by atoms with Gasteiger partial charge in [-0.1, -0.05) is 42.0 Å². The van der Waals surface area contributed by atoms with E-state index in [0.717, 1.165) is 16.8 Å². The summed E-state index contributed by atoms with van der Waals surface area (Å²) in [5, 5.41) is 5.65. The molecule has 0 saturated carbocycles. The van der Waals surface area contributed by atoms with Crippen LogP contribution < -0.4 is 10.6 Å². The molecule has 5 nitrogen and oxygen atoms in total. The van der Waals surface area contributed by atoms with Gasteiger partial charge in [0.25, 0.3) is 0 Å². The number of nitrogens with zero attached hydrogens (tertiary/aromatic N) is 1. The third-order valence-corrected chi connectivity index (χ3v) is 4.15. The summed E-state index contributed by atoms with van der Waals surface area (Å²) in [5.74, 6) is -0.118. The maximum absolute atomic E-state index is 12.4. The Labute approximate surface area is 149 Å². The standard InChI is InChI=1S/C20H25N3O2/c1-14-8-10-18(11-9-14)15(2)23(4)20(25)21-13-17-6-5-7-19(12-17)22-16(3)24/h5-12,15H,13H2,1-4H3,(H,21,25)(H,22,24). The zero-order valence-electron chi connectivity index (χ0n) is 15.2. The summed E-state index contributed by atoms with van der Waals surface area (Å²) in [5.41, 5.74) is 3.94. The predicted molar refractivity (Wildman–Crippen MR) is 100 cm³/mol. The fourth-order valence-electron chi connectivity index (χ4n) is 2.51. The lowest BCUT2D eigenvalue weighted by molar-refractivity contribution is -0.114.